The number of aryl methyl sites for hydroxylation is 2. The van der Waals surface area contributed by atoms with Crippen LogP contribution in [-0.4, -0.2) is 16.2 Å². The number of aromatic hydroxyl groups is 1. The van der Waals surface area contributed by atoms with Crippen molar-refractivity contribution in [3.05, 3.63) is 64.2 Å². The monoisotopic (exact) mass is 384 g/mol. The van der Waals surface area contributed by atoms with Gasteiger partial charge in [0.15, 0.2) is 0 Å². The van der Waals surface area contributed by atoms with Crippen molar-refractivity contribution in [1.29, 1.82) is 0 Å². The van der Waals surface area contributed by atoms with Crippen LogP contribution < -0.4 is 0 Å². The number of hydrogen-bond acceptors (Lipinski definition) is 2. The van der Waals surface area contributed by atoms with Crippen LogP contribution in [0.5, 0.6) is 5.75 Å². The van der Waals surface area contributed by atoms with E-state index >= 15 is 0 Å². The van der Waals surface area contributed by atoms with Gasteiger partial charge in [0.1, 0.15) is 5.75 Å². The van der Waals surface area contributed by atoms with E-state index < -0.39 is 5.97 Å². The first-order valence-corrected chi connectivity index (χ1v) is 9.80. The predicted molar refractivity (Wildman–Crippen MR) is 117 cm³/mol. The van der Waals surface area contributed by atoms with E-state index in [1.165, 1.54) is 5.56 Å². The molecule has 0 aromatic heterocycles. The summed E-state index contributed by atoms with van der Waals surface area (Å²) >= 11 is 0. The Morgan fingerprint density at radius 2 is 1.50 bits per heavy atom. The van der Waals surface area contributed by atoms with E-state index in [9.17, 15) is 9.90 Å². The maximum Gasteiger partial charge on any atom is 0.307 e. The third kappa shape index (κ3) is 7.03. The Morgan fingerprint density at radius 3 is 1.89 bits per heavy atom. The van der Waals surface area contributed by atoms with E-state index in [0.717, 1.165) is 23.1 Å². The molecule has 154 valence electrons. The van der Waals surface area contributed by atoms with Crippen LogP contribution in [0.15, 0.2) is 36.4 Å². The summed E-state index contributed by atoms with van der Waals surface area (Å²) in [7, 11) is 0. The molecule has 0 atom stereocenters. The molecular weight excluding hydrogens is 348 g/mol. The quantitative estimate of drug-likeness (QED) is 0.646. The summed E-state index contributed by atoms with van der Waals surface area (Å²) in [6.07, 6.45) is 0.885. The number of carboxylic acids is 1. The molecule has 0 unspecified atom stereocenters. The Kier molecular flexibility index (Phi) is 7.86. The Labute approximate surface area is 170 Å². The van der Waals surface area contributed by atoms with Gasteiger partial charge in [-0.3, -0.25) is 4.79 Å². The Bertz CT molecular complexity index is 797. The van der Waals surface area contributed by atoms with E-state index in [1.54, 1.807) is 6.92 Å². The van der Waals surface area contributed by atoms with Crippen LogP contribution in [0, 0.1) is 26.2 Å². The summed E-state index contributed by atoms with van der Waals surface area (Å²) < 4.78 is 0. The maximum absolute atomic E-state index is 11.0. The second-order valence-corrected chi connectivity index (χ2v) is 9.54. The summed E-state index contributed by atoms with van der Waals surface area (Å²) in [5.74, 6) is -0.631. The minimum Gasteiger partial charge on any atom is -0.507 e. The van der Waals surface area contributed by atoms with Gasteiger partial charge in [0.2, 0.25) is 0 Å². The van der Waals surface area contributed by atoms with Crippen molar-refractivity contribution in [3.63, 3.8) is 0 Å². The maximum atomic E-state index is 11.0. The normalized spacial score (nSPS) is 11.6. The van der Waals surface area contributed by atoms with Crippen molar-refractivity contribution in [2.24, 2.45) is 5.41 Å². The Morgan fingerprint density at radius 1 is 0.964 bits per heavy atom. The minimum absolute atomic E-state index is 0.0504. The topological polar surface area (TPSA) is 57.5 Å². The molecule has 2 N–H and O–H groups in total. The second-order valence-electron chi connectivity index (χ2n) is 9.54. The molecule has 0 amide bonds. The van der Waals surface area contributed by atoms with Crippen molar-refractivity contribution >= 4 is 5.97 Å². The first kappa shape index (κ1) is 23.7. The molecule has 0 aliphatic rings. The smallest absolute Gasteiger partial charge is 0.307 e. The van der Waals surface area contributed by atoms with Crippen LogP contribution in [0.25, 0.3) is 0 Å². The van der Waals surface area contributed by atoms with Gasteiger partial charge < -0.3 is 10.2 Å². The van der Waals surface area contributed by atoms with E-state index in [-0.39, 0.29) is 23.0 Å². The number of phenols is 1. The first-order chi connectivity index (χ1) is 12.7. The molecule has 0 saturated carbocycles. The number of benzene rings is 2. The summed E-state index contributed by atoms with van der Waals surface area (Å²) in [6, 6.07) is 12.2. The number of aliphatic carboxylic acids is 1. The molecule has 3 heteroatoms. The van der Waals surface area contributed by atoms with Crippen molar-refractivity contribution < 1.29 is 15.0 Å². The van der Waals surface area contributed by atoms with E-state index in [0.29, 0.717) is 5.56 Å². The molecule has 2 rings (SSSR count). The molecule has 0 heterocycles. The van der Waals surface area contributed by atoms with Gasteiger partial charge in [-0.05, 0) is 54.7 Å². The third-order valence-electron chi connectivity index (χ3n) is 4.87. The van der Waals surface area contributed by atoms with Crippen molar-refractivity contribution in [2.45, 2.75) is 73.6 Å². The third-order valence-corrected chi connectivity index (χ3v) is 4.87. The van der Waals surface area contributed by atoms with Crippen LogP contribution in [-0.2, 0) is 16.6 Å². The standard InChI is InChI=1S/C18H28O3.C7H8/c1-11-8-14(18(6,7)10-17(3,4)5)16(21)12(2)13(11)9-15(19)20;1-7-5-3-2-4-6-7/h8,21H,9-10H2,1-7H3,(H,19,20);2-6H,1H3. The van der Waals surface area contributed by atoms with Crippen molar-refractivity contribution in [2.75, 3.05) is 0 Å². The molecule has 0 saturated heterocycles. The largest absolute Gasteiger partial charge is 0.507 e. The Balaban J connectivity index is 0.000000467. The van der Waals surface area contributed by atoms with Crippen LogP contribution in [0.4, 0.5) is 0 Å². The zero-order valence-electron chi connectivity index (χ0n) is 18.7. The molecule has 3 nitrogen and oxygen atoms in total. The molecule has 2 aromatic carbocycles. The molecule has 0 bridgehead atoms. The highest BCUT2D eigenvalue weighted by Crippen LogP contribution is 2.42. The fourth-order valence-corrected chi connectivity index (χ4v) is 3.91. The molecule has 0 aliphatic carbocycles. The molecule has 0 aliphatic heterocycles. The summed E-state index contributed by atoms with van der Waals surface area (Å²) in [4.78, 5) is 11.0. The van der Waals surface area contributed by atoms with Gasteiger partial charge >= 0.3 is 5.97 Å². The Hall–Kier alpha value is -2.29. The van der Waals surface area contributed by atoms with Gasteiger partial charge in [0, 0.05) is 5.56 Å². The second kappa shape index (κ2) is 9.27. The van der Waals surface area contributed by atoms with Crippen LogP contribution in [0.2, 0.25) is 0 Å². The summed E-state index contributed by atoms with van der Waals surface area (Å²) in [5.41, 5.74) is 4.55. The van der Waals surface area contributed by atoms with Gasteiger partial charge in [-0.2, -0.15) is 0 Å². The molecule has 0 fully saturated rings. The molecular formula is C25H36O3. The minimum atomic E-state index is -0.873. The van der Waals surface area contributed by atoms with Crippen molar-refractivity contribution in [1.82, 2.24) is 0 Å². The SMILES string of the molecule is Cc1cc(C(C)(C)CC(C)(C)C)c(O)c(C)c1CC(=O)O.Cc1ccccc1. The zero-order chi connectivity index (χ0) is 21.7. The van der Waals surface area contributed by atoms with E-state index in [2.05, 4.69) is 53.7 Å². The lowest BCUT2D eigenvalue weighted by Crippen LogP contribution is -2.25. The van der Waals surface area contributed by atoms with Gasteiger partial charge in [-0.25, -0.2) is 0 Å². The molecule has 0 radical (unpaired) electrons. The fraction of sp³-hybridized carbons (Fsp3) is 0.480. The van der Waals surface area contributed by atoms with Crippen LogP contribution >= 0.6 is 0 Å². The van der Waals surface area contributed by atoms with Gasteiger partial charge in [-0.1, -0.05) is 76.6 Å². The molecule has 2 aromatic rings. The lowest BCUT2D eigenvalue weighted by atomic mass is 9.71. The summed E-state index contributed by atoms with van der Waals surface area (Å²) in [6.45, 7) is 16.6. The number of carboxylic acid groups (broad SMARTS) is 1. The van der Waals surface area contributed by atoms with Crippen LogP contribution in [0.1, 0.15) is 68.9 Å². The van der Waals surface area contributed by atoms with Gasteiger partial charge in [0.25, 0.3) is 0 Å². The van der Waals surface area contributed by atoms with Crippen LogP contribution in [0.3, 0.4) is 0 Å². The lowest BCUT2D eigenvalue weighted by Gasteiger charge is -2.34. The number of carbonyl (C=O) groups is 1. The van der Waals surface area contributed by atoms with E-state index in [4.69, 9.17) is 5.11 Å². The lowest BCUT2D eigenvalue weighted by molar-refractivity contribution is -0.136. The number of hydrogen-bond donors (Lipinski definition) is 2. The predicted octanol–water partition coefficient (Wildman–Crippen LogP) is 6.34. The highest BCUT2D eigenvalue weighted by Gasteiger charge is 2.31. The number of rotatable bonds is 4. The first-order valence-electron chi connectivity index (χ1n) is 9.80. The van der Waals surface area contributed by atoms with Crippen molar-refractivity contribution in [3.8, 4) is 5.75 Å². The highest BCUT2D eigenvalue weighted by atomic mass is 16.4. The molecule has 0 spiro atoms. The summed E-state index contributed by atoms with van der Waals surface area (Å²) in [5, 5.41) is 19.6. The fourth-order valence-electron chi connectivity index (χ4n) is 3.91. The highest BCUT2D eigenvalue weighted by molar-refractivity contribution is 5.72. The van der Waals surface area contributed by atoms with Gasteiger partial charge in [0.05, 0.1) is 6.42 Å². The van der Waals surface area contributed by atoms with Gasteiger partial charge in [-0.15, -0.1) is 0 Å². The average Bonchev–Trinajstić information content (AvgIpc) is 2.53. The zero-order valence-corrected chi connectivity index (χ0v) is 18.7. The average molecular weight is 385 g/mol. The number of phenolic OH excluding ortho intramolecular Hbond substituents is 1. The molecule has 28 heavy (non-hydrogen) atoms. The van der Waals surface area contributed by atoms with E-state index in [1.807, 2.05) is 31.2 Å².